The van der Waals surface area contributed by atoms with Crippen LogP contribution in [0.4, 0.5) is 0 Å². The molecule has 1 N–H and O–H groups in total. The highest BCUT2D eigenvalue weighted by Crippen LogP contribution is 2.68. The first-order valence-corrected chi connectivity index (χ1v) is 10.4. The molecule has 0 radical (unpaired) electrons. The second-order valence-corrected chi connectivity index (χ2v) is 9.94. The van der Waals surface area contributed by atoms with Gasteiger partial charge in [0.25, 0.3) is 0 Å². The molecule has 0 heterocycles. The van der Waals surface area contributed by atoms with Crippen molar-refractivity contribution in [3.8, 4) is 0 Å². The lowest BCUT2D eigenvalue weighted by molar-refractivity contribution is -0.146. The molecule has 7 atom stereocenters. The van der Waals surface area contributed by atoms with E-state index >= 15 is 0 Å². The van der Waals surface area contributed by atoms with Gasteiger partial charge in [0.1, 0.15) is 0 Å². The Kier molecular flexibility index (Phi) is 4.19. The van der Waals surface area contributed by atoms with Gasteiger partial charge < -0.3 is 5.11 Å². The van der Waals surface area contributed by atoms with Crippen LogP contribution < -0.4 is 0 Å². The highest BCUT2D eigenvalue weighted by Gasteiger charge is 2.60. The second-order valence-electron chi connectivity index (χ2n) is 9.54. The van der Waals surface area contributed by atoms with Gasteiger partial charge in [0.2, 0.25) is 0 Å². The van der Waals surface area contributed by atoms with Crippen LogP contribution in [0.1, 0.15) is 59.3 Å². The van der Waals surface area contributed by atoms with E-state index in [0.29, 0.717) is 22.8 Å². The second kappa shape index (κ2) is 5.95. The number of fused-ring (bicyclic) bond motifs is 5. The van der Waals surface area contributed by atoms with Crippen molar-refractivity contribution in [1.82, 2.24) is 0 Å². The van der Waals surface area contributed by atoms with Crippen molar-refractivity contribution in [2.24, 2.45) is 40.4 Å². The third-order valence-corrected chi connectivity index (χ3v) is 9.24. The van der Waals surface area contributed by atoms with Crippen LogP contribution >= 0.6 is 11.6 Å². The van der Waals surface area contributed by atoms with Crippen LogP contribution in [0.15, 0.2) is 22.8 Å². The molecule has 3 saturated carbocycles. The minimum absolute atomic E-state index is 0.0257. The van der Waals surface area contributed by atoms with E-state index in [-0.39, 0.29) is 28.4 Å². The van der Waals surface area contributed by atoms with Gasteiger partial charge in [-0.15, -0.1) is 0 Å². The first-order chi connectivity index (χ1) is 12.2. The fourth-order valence-corrected chi connectivity index (χ4v) is 7.67. The summed E-state index contributed by atoms with van der Waals surface area (Å²) in [4.78, 5) is 23.6. The van der Waals surface area contributed by atoms with E-state index in [1.807, 2.05) is 13.0 Å². The van der Waals surface area contributed by atoms with Crippen molar-refractivity contribution in [3.05, 3.63) is 22.8 Å². The number of aliphatic carboxylic acids is 1. The van der Waals surface area contributed by atoms with Gasteiger partial charge in [0, 0.05) is 16.5 Å². The van der Waals surface area contributed by atoms with E-state index in [1.165, 1.54) is 5.57 Å². The van der Waals surface area contributed by atoms with Crippen molar-refractivity contribution < 1.29 is 14.7 Å². The maximum atomic E-state index is 12.0. The van der Waals surface area contributed by atoms with Crippen molar-refractivity contribution in [3.63, 3.8) is 0 Å². The van der Waals surface area contributed by atoms with Crippen LogP contribution in [-0.4, -0.2) is 16.9 Å². The van der Waals surface area contributed by atoms with Crippen LogP contribution in [0.25, 0.3) is 0 Å². The Hall–Kier alpha value is -1.09. The number of halogens is 1. The molecule has 3 fully saturated rings. The number of carbonyl (C=O) groups is 2. The lowest BCUT2D eigenvalue weighted by atomic mass is 9.47. The first-order valence-electron chi connectivity index (χ1n) is 10.0. The Balaban J connectivity index is 1.67. The Morgan fingerprint density at radius 1 is 1.19 bits per heavy atom. The average molecular weight is 377 g/mol. The Morgan fingerprint density at radius 3 is 2.62 bits per heavy atom. The minimum atomic E-state index is -0.656. The van der Waals surface area contributed by atoms with Crippen LogP contribution in [-0.2, 0) is 9.59 Å². The predicted octanol–water partition coefficient (Wildman–Crippen LogP) is 5.20. The molecule has 0 bridgehead atoms. The van der Waals surface area contributed by atoms with Gasteiger partial charge in [-0.3, -0.25) is 9.59 Å². The molecule has 0 spiro atoms. The van der Waals surface area contributed by atoms with Gasteiger partial charge in [0.05, 0.1) is 5.92 Å². The van der Waals surface area contributed by atoms with E-state index in [0.717, 1.165) is 38.5 Å². The topological polar surface area (TPSA) is 54.4 Å². The number of ketones is 1. The molecule has 4 aliphatic carbocycles. The summed E-state index contributed by atoms with van der Waals surface area (Å²) >= 11 is 6.67. The molecule has 4 aliphatic rings. The zero-order chi connectivity index (χ0) is 18.9. The number of hydrogen-bond donors (Lipinski definition) is 1. The molecule has 4 rings (SSSR count). The smallest absolute Gasteiger partial charge is 0.306 e. The molecular formula is C22H29ClO3. The highest BCUT2D eigenvalue weighted by molar-refractivity contribution is 6.33. The molecule has 0 amide bonds. The van der Waals surface area contributed by atoms with Crippen LogP contribution in [0.3, 0.4) is 0 Å². The molecule has 26 heavy (non-hydrogen) atoms. The SMILES string of the molecule is CC(C(=O)O)[C@H]1CC[C@H]2[C@@H]3CCC4=CC(=O)C=C(Cl)[C@]4(C)[C@H]3CC[C@]12C. The summed E-state index contributed by atoms with van der Waals surface area (Å²) in [5, 5.41) is 10.3. The molecule has 142 valence electrons. The Bertz CT molecular complexity index is 723. The van der Waals surface area contributed by atoms with E-state index < -0.39 is 5.97 Å². The predicted molar refractivity (Wildman–Crippen MR) is 102 cm³/mol. The minimum Gasteiger partial charge on any atom is -0.481 e. The molecule has 0 aromatic carbocycles. The molecule has 0 saturated heterocycles. The maximum absolute atomic E-state index is 12.0. The Labute approximate surface area is 160 Å². The van der Waals surface area contributed by atoms with Gasteiger partial charge >= 0.3 is 5.97 Å². The van der Waals surface area contributed by atoms with E-state index in [9.17, 15) is 14.7 Å². The lowest BCUT2D eigenvalue weighted by Crippen LogP contribution is -2.51. The highest BCUT2D eigenvalue weighted by atomic mass is 35.5. The Morgan fingerprint density at radius 2 is 1.92 bits per heavy atom. The van der Waals surface area contributed by atoms with Crippen molar-refractivity contribution >= 4 is 23.4 Å². The molecule has 0 aliphatic heterocycles. The maximum Gasteiger partial charge on any atom is 0.306 e. The number of carboxylic acids is 1. The third kappa shape index (κ3) is 2.32. The number of carbonyl (C=O) groups excluding carboxylic acids is 1. The summed E-state index contributed by atoms with van der Waals surface area (Å²) in [6, 6.07) is 0. The molecule has 3 nitrogen and oxygen atoms in total. The van der Waals surface area contributed by atoms with Crippen LogP contribution in [0, 0.1) is 40.4 Å². The van der Waals surface area contributed by atoms with Gasteiger partial charge in [-0.05, 0) is 73.7 Å². The fraction of sp³-hybridized carbons (Fsp3) is 0.727. The number of allylic oxidation sites excluding steroid dienone is 4. The lowest BCUT2D eigenvalue weighted by Gasteiger charge is -2.58. The summed E-state index contributed by atoms with van der Waals surface area (Å²) in [7, 11) is 0. The molecule has 4 heteroatoms. The van der Waals surface area contributed by atoms with Gasteiger partial charge in [-0.25, -0.2) is 0 Å². The molecule has 1 unspecified atom stereocenters. The zero-order valence-electron chi connectivity index (χ0n) is 15.9. The number of hydrogen-bond acceptors (Lipinski definition) is 2. The van der Waals surface area contributed by atoms with Gasteiger partial charge in [-0.1, -0.05) is 37.9 Å². The average Bonchev–Trinajstić information content (AvgIpc) is 2.92. The third-order valence-electron chi connectivity index (χ3n) is 8.74. The summed E-state index contributed by atoms with van der Waals surface area (Å²) < 4.78 is 0. The number of rotatable bonds is 2. The fourth-order valence-electron chi connectivity index (χ4n) is 7.30. The molecule has 0 aromatic heterocycles. The van der Waals surface area contributed by atoms with E-state index in [2.05, 4.69) is 13.8 Å². The van der Waals surface area contributed by atoms with Crippen LogP contribution in [0.2, 0.25) is 0 Å². The monoisotopic (exact) mass is 376 g/mol. The standard InChI is InChI=1S/C22H29ClO3/c1-12(20(25)26)16-6-7-17-15-5-4-13-10-14(24)11-19(23)22(13,3)18(15)8-9-21(16,17)2/h10-12,15-18H,4-9H2,1-3H3,(H,25,26)/t12?,15-,16+,17-,18-,21+,22-/m0/s1. The molecule has 0 aromatic rings. The number of carboxylic acid groups (broad SMARTS) is 1. The van der Waals surface area contributed by atoms with Crippen molar-refractivity contribution in [1.29, 1.82) is 0 Å². The van der Waals surface area contributed by atoms with Crippen LogP contribution in [0.5, 0.6) is 0 Å². The van der Waals surface area contributed by atoms with E-state index in [4.69, 9.17) is 11.6 Å². The normalized spacial score (nSPS) is 45.8. The molecular weight excluding hydrogens is 348 g/mol. The van der Waals surface area contributed by atoms with Gasteiger partial charge in [0.15, 0.2) is 5.78 Å². The van der Waals surface area contributed by atoms with E-state index in [1.54, 1.807) is 6.08 Å². The van der Waals surface area contributed by atoms with Crippen molar-refractivity contribution in [2.75, 3.05) is 0 Å². The first kappa shape index (κ1) is 18.3. The zero-order valence-corrected chi connectivity index (χ0v) is 16.7. The quantitative estimate of drug-likeness (QED) is 0.720. The summed E-state index contributed by atoms with van der Waals surface area (Å²) in [6.45, 7) is 6.47. The van der Waals surface area contributed by atoms with Crippen molar-refractivity contribution in [2.45, 2.75) is 59.3 Å². The summed E-state index contributed by atoms with van der Waals surface area (Å²) in [6.07, 6.45) is 9.80. The summed E-state index contributed by atoms with van der Waals surface area (Å²) in [5.74, 6) is 0.998. The van der Waals surface area contributed by atoms with Gasteiger partial charge in [-0.2, -0.15) is 0 Å². The largest absolute Gasteiger partial charge is 0.481 e. The summed E-state index contributed by atoms with van der Waals surface area (Å²) in [5.41, 5.74) is 1.14.